The summed E-state index contributed by atoms with van der Waals surface area (Å²) in [6.07, 6.45) is 0.686. The summed E-state index contributed by atoms with van der Waals surface area (Å²) in [7, 11) is 0. The van der Waals surface area contributed by atoms with Crippen molar-refractivity contribution in [2.24, 2.45) is 0 Å². The summed E-state index contributed by atoms with van der Waals surface area (Å²) in [5, 5.41) is 5.39. The molecule has 0 aliphatic carbocycles. The number of carbonyl (C=O) groups excluding carboxylic acids is 2. The number of para-hydroxylation sites is 1. The van der Waals surface area contributed by atoms with Gasteiger partial charge in [0.2, 0.25) is 5.91 Å². The number of hydrogen-bond donors (Lipinski definition) is 2. The Bertz CT molecular complexity index is 767. The second kappa shape index (κ2) is 10.8. The van der Waals surface area contributed by atoms with E-state index < -0.39 is 5.82 Å². The molecule has 7 heteroatoms. The lowest BCUT2D eigenvalue weighted by Crippen LogP contribution is -2.28. The summed E-state index contributed by atoms with van der Waals surface area (Å²) >= 11 is 0. The number of benzene rings is 2. The first-order chi connectivity index (χ1) is 13.1. The largest absolute Gasteiger partial charge is 0.491 e. The molecular weight excluding hydrogens is 351 g/mol. The van der Waals surface area contributed by atoms with E-state index in [1.54, 1.807) is 42.5 Å². The van der Waals surface area contributed by atoms with Crippen LogP contribution in [0.25, 0.3) is 0 Å². The van der Waals surface area contributed by atoms with Crippen LogP contribution < -0.4 is 20.1 Å². The molecule has 0 aliphatic rings. The molecule has 144 valence electrons. The highest BCUT2D eigenvalue weighted by Gasteiger charge is 2.06. The fourth-order valence-electron chi connectivity index (χ4n) is 2.26. The van der Waals surface area contributed by atoms with E-state index in [0.29, 0.717) is 24.4 Å². The van der Waals surface area contributed by atoms with Gasteiger partial charge in [-0.3, -0.25) is 9.59 Å². The lowest BCUT2D eigenvalue weighted by molar-refractivity contribution is -0.123. The Morgan fingerprint density at radius 2 is 1.85 bits per heavy atom. The van der Waals surface area contributed by atoms with Gasteiger partial charge in [-0.25, -0.2) is 4.39 Å². The van der Waals surface area contributed by atoms with E-state index >= 15 is 0 Å². The monoisotopic (exact) mass is 374 g/mol. The summed E-state index contributed by atoms with van der Waals surface area (Å²) in [4.78, 5) is 23.4. The Kier molecular flexibility index (Phi) is 8.09. The summed E-state index contributed by atoms with van der Waals surface area (Å²) in [5.41, 5.74) is 0.573. The first kappa shape index (κ1) is 20.2. The molecule has 2 N–H and O–H groups in total. The molecule has 0 saturated carbocycles. The van der Waals surface area contributed by atoms with E-state index in [1.165, 1.54) is 6.07 Å². The van der Waals surface area contributed by atoms with Gasteiger partial charge in [-0.05, 0) is 37.6 Å². The van der Waals surface area contributed by atoms with Crippen LogP contribution in [0.1, 0.15) is 19.8 Å². The van der Waals surface area contributed by atoms with Gasteiger partial charge in [0, 0.05) is 24.7 Å². The van der Waals surface area contributed by atoms with Crippen LogP contribution in [0.5, 0.6) is 11.5 Å². The summed E-state index contributed by atoms with van der Waals surface area (Å²) in [5.74, 6) is -0.155. The minimum Gasteiger partial charge on any atom is -0.491 e. The third kappa shape index (κ3) is 7.35. The Balaban J connectivity index is 1.72. The van der Waals surface area contributed by atoms with Crippen molar-refractivity contribution in [2.45, 2.75) is 19.8 Å². The van der Waals surface area contributed by atoms with Crippen molar-refractivity contribution in [3.8, 4) is 11.5 Å². The fourth-order valence-corrected chi connectivity index (χ4v) is 2.26. The standard InChI is InChI=1S/C20H23FN2O4/c1-2-22-20(25)14-27-16-8-5-7-15(13-16)23-19(24)11-6-12-26-18-10-4-3-9-17(18)21/h3-5,7-10,13H,2,6,11-12,14H2,1H3,(H,22,25)(H,23,24). The fraction of sp³-hybridized carbons (Fsp3) is 0.300. The third-order valence-electron chi connectivity index (χ3n) is 3.50. The molecule has 0 aliphatic heterocycles. The Labute approximate surface area is 157 Å². The minimum atomic E-state index is -0.425. The van der Waals surface area contributed by atoms with Crippen LogP contribution in [0.15, 0.2) is 48.5 Å². The van der Waals surface area contributed by atoms with E-state index in [1.807, 2.05) is 6.92 Å². The number of nitrogens with one attached hydrogen (secondary N) is 2. The zero-order valence-electron chi connectivity index (χ0n) is 15.2. The SMILES string of the molecule is CCNC(=O)COc1cccc(NC(=O)CCCOc2ccccc2F)c1. The number of likely N-dealkylation sites (N-methyl/N-ethyl adjacent to an activating group) is 1. The van der Waals surface area contributed by atoms with Gasteiger partial charge >= 0.3 is 0 Å². The van der Waals surface area contributed by atoms with Crippen molar-refractivity contribution >= 4 is 17.5 Å². The van der Waals surface area contributed by atoms with Crippen LogP contribution in [0, 0.1) is 5.82 Å². The highest BCUT2D eigenvalue weighted by Crippen LogP contribution is 2.18. The number of rotatable bonds is 10. The van der Waals surface area contributed by atoms with Crippen LogP contribution in [-0.4, -0.2) is 31.6 Å². The zero-order chi connectivity index (χ0) is 19.5. The predicted octanol–water partition coefficient (Wildman–Crippen LogP) is 3.14. The maximum Gasteiger partial charge on any atom is 0.257 e. The highest BCUT2D eigenvalue weighted by molar-refractivity contribution is 5.90. The van der Waals surface area contributed by atoms with Crippen LogP contribution in [0.2, 0.25) is 0 Å². The van der Waals surface area contributed by atoms with Gasteiger partial charge in [0.15, 0.2) is 18.2 Å². The van der Waals surface area contributed by atoms with E-state index in [-0.39, 0.29) is 37.2 Å². The quantitative estimate of drug-likeness (QED) is 0.627. The van der Waals surface area contributed by atoms with Crippen LogP contribution in [-0.2, 0) is 9.59 Å². The topological polar surface area (TPSA) is 76.7 Å². The van der Waals surface area contributed by atoms with Crippen LogP contribution >= 0.6 is 0 Å². The number of hydrogen-bond acceptors (Lipinski definition) is 4. The van der Waals surface area contributed by atoms with E-state index in [2.05, 4.69) is 10.6 Å². The molecule has 2 aromatic rings. The average molecular weight is 374 g/mol. The second-order valence-corrected chi connectivity index (χ2v) is 5.70. The summed E-state index contributed by atoms with van der Waals surface area (Å²) < 4.78 is 24.1. The number of halogens is 1. The van der Waals surface area contributed by atoms with Crippen LogP contribution in [0.4, 0.5) is 10.1 Å². The van der Waals surface area contributed by atoms with E-state index in [0.717, 1.165) is 0 Å². The normalized spacial score (nSPS) is 10.1. The molecule has 2 amide bonds. The van der Waals surface area contributed by atoms with Gasteiger partial charge in [0.25, 0.3) is 5.91 Å². The maximum absolute atomic E-state index is 13.4. The predicted molar refractivity (Wildman–Crippen MR) is 100 cm³/mol. The molecule has 0 aromatic heterocycles. The molecule has 0 bridgehead atoms. The molecule has 27 heavy (non-hydrogen) atoms. The van der Waals surface area contributed by atoms with Crippen molar-refractivity contribution < 1.29 is 23.5 Å². The van der Waals surface area contributed by atoms with E-state index in [9.17, 15) is 14.0 Å². The Morgan fingerprint density at radius 3 is 2.63 bits per heavy atom. The third-order valence-corrected chi connectivity index (χ3v) is 3.50. The molecule has 0 heterocycles. The summed E-state index contributed by atoms with van der Waals surface area (Å²) in [6.45, 7) is 2.52. The molecule has 0 unspecified atom stereocenters. The van der Waals surface area contributed by atoms with Gasteiger partial charge in [0.05, 0.1) is 6.61 Å². The Hall–Kier alpha value is -3.09. The highest BCUT2D eigenvalue weighted by atomic mass is 19.1. The average Bonchev–Trinajstić information content (AvgIpc) is 2.65. The van der Waals surface area contributed by atoms with Gasteiger partial charge in [-0.15, -0.1) is 0 Å². The van der Waals surface area contributed by atoms with Gasteiger partial charge in [0.1, 0.15) is 5.75 Å². The molecule has 0 saturated heterocycles. The number of ether oxygens (including phenoxy) is 2. The first-order valence-electron chi connectivity index (χ1n) is 8.75. The lowest BCUT2D eigenvalue weighted by atomic mass is 10.2. The summed E-state index contributed by atoms with van der Waals surface area (Å²) in [6, 6.07) is 12.9. The lowest BCUT2D eigenvalue weighted by Gasteiger charge is -2.10. The number of anilines is 1. The molecule has 0 radical (unpaired) electrons. The zero-order valence-corrected chi connectivity index (χ0v) is 15.2. The van der Waals surface area contributed by atoms with Crippen LogP contribution in [0.3, 0.4) is 0 Å². The van der Waals surface area contributed by atoms with Gasteiger partial charge in [-0.1, -0.05) is 18.2 Å². The molecule has 2 aromatic carbocycles. The Morgan fingerprint density at radius 1 is 1.04 bits per heavy atom. The van der Waals surface area contributed by atoms with Crippen molar-refractivity contribution in [3.63, 3.8) is 0 Å². The van der Waals surface area contributed by atoms with Crippen molar-refractivity contribution in [1.29, 1.82) is 0 Å². The molecule has 0 spiro atoms. The smallest absolute Gasteiger partial charge is 0.257 e. The second-order valence-electron chi connectivity index (χ2n) is 5.70. The number of amides is 2. The molecule has 2 rings (SSSR count). The molecule has 0 atom stereocenters. The molecule has 0 fully saturated rings. The first-order valence-corrected chi connectivity index (χ1v) is 8.75. The van der Waals surface area contributed by atoms with Gasteiger partial charge < -0.3 is 20.1 Å². The van der Waals surface area contributed by atoms with Crippen molar-refractivity contribution in [1.82, 2.24) is 5.32 Å². The molecule has 6 nitrogen and oxygen atoms in total. The van der Waals surface area contributed by atoms with Crippen molar-refractivity contribution in [2.75, 3.05) is 25.1 Å². The minimum absolute atomic E-state index is 0.0847. The number of carbonyl (C=O) groups is 2. The van der Waals surface area contributed by atoms with Gasteiger partial charge in [-0.2, -0.15) is 0 Å². The maximum atomic E-state index is 13.4. The van der Waals surface area contributed by atoms with Crippen molar-refractivity contribution in [3.05, 3.63) is 54.3 Å². The molecular formula is C20H23FN2O4. The van der Waals surface area contributed by atoms with E-state index in [4.69, 9.17) is 9.47 Å².